The molecule has 4 rings (SSSR count). The number of anilines is 1. The number of nitrogens with zero attached hydrogens (tertiary/aromatic N) is 2. The van der Waals surface area contributed by atoms with Crippen molar-refractivity contribution in [2.45, 2.75) is 12.5 Å². The lowest BCUT2D eigenvalue weighted by atomic mass is 9.94. The third-order valence-corrected chi connectivity index (χ3v) is 5.43. The van der Waals surface area contributed by atoms with E-state index in [1.165, 1.54) is 22.2 Å². The van der Waals surface area contributed by atoms with Gasteiger partial charge in [-0.3, -0.25) is 4.90 Å². The molecule has 1 fully saturated rings. The largest absolute Gasteiger partial charge is 0.365 e. The SMILES string of the molecule is NCCN1CCN2c3cccc4scc(c34)CC2C1. The summed E-state index contributed by atoms with van der Waals surface area (Å²) in [5.74, 6) is 0. The first kappa shape index (κ1) is 11.7. The molecular weight excluding hydrogens is 254 g/mol. The first-order chi connectivity index (χ1) is 9.36. The van der Waals surface area contributed by atoms with Crippen molar-refractivity contribution in [3.05, 3.63) is 29.1 Å². The molecule has 0 aliphatic carbocycles. The zero-order chi connectivity index (χ0) is 12.8. The van der Waals surface area contributed by atoms with Gasteiger partial charge in [-0.1, -0.05) is 6.07 Å². The summed E-state index contributed by atoms with van der Waals surface area (Å²) in [4.78, 5) is 5.13. The van der Waals surface area contributed by atoms with Crippen molar-refractivity contribution in [3.8, 4) is 0 Å². The third kappa shape index (κ3) is 1.78. The molecular formula is C15H19N3S. The Morgan fingerprint density at radius 3 is 3.16 bits per heavy atom. The van der Waals surface area contributed by atoms with Crippen LogP contribution in [0.5, 0.6) is 0 Å². The normalized spacial score (nSPS) is 22.8. The highest BCUT2D eigenvalue weighted by Gasteiger charge is 2.32. The number of nitrogens with two attached hydrogens (primary N) is 1. The van der Waals surface area contributed by atoms with E-state index in [0.29, 0.717) is 6.04 Å². The van der Waals surface area contributed by atoms with Crippen molar-refractivity contribution >= 4 is 27.1 Å². The van der Waals surface area contributed by atoms with Crippen LogP contribution in [0.3, 0.4) is 0 Å². The van der Waals surface area contributed by atoms with Crippen LogP contribution in [0.15, 0.2) is 23.6 Å². The van der Waals surface area contributed by atoms with Gasteiger partial charge in [-0.25, -0.2) is 0 Å². The van der Waals surface area contributed by atoms with E-state index in [9.17, 15) is 0 Å². The van der Waals surface area contributed by atoms with Crippen molar-refractivity contribution < 1.29 is 0 Å². The van der Waals surface area contributed by atoms with Crippen LogP contribution in [-0.2, 0) is 6.42 Å². The van der Waals surface area contributed by atoms with Crippen LogP contribution in [-0.4, -0.2) is 43.7 Å². The molecule has 0 amide bonds. The van der Waals surface area contributed by atoms with Crippen LogP contribution in [0.2, 0.25) is 0 Å². The summed E-state index contributed by atoms with van der Waals surface area (Å²) in [6, 6.07) is 7.38. The molecule has 2 aliphatic heterocycles. The van der Waals surface area contributed by atoms with E-state index in [1.54, 1.807) is 5.56 Å². The minimum absolute atomic E-state index is 0.632. The van der Waals surface area contributed by atoms with Crippen molar-refractivity contribution in [1.29, 1.82) is 0 Å². The number of benzene rings is 1. The second kappa shape index (κ2) is 4.47. The van der Waals surface area contributed by atoms with Gasteiger partial charge in [0.2, 0.25) is 0 Å². The first-order valence-electron chi connectivity index (χ1n) is 7.05. The molecule has 0 spiro atoms. The quantitative estimate of drug-likeness (QED) is 0.907. The Bertz CT molecular complexity index is 606. The van der Waals surface area contributed by atoms with Crippen LogP contribution in [0.25, 0.3) is 10.1 Å². The molecule has 0 saturated carbocycles. The van der Waals surface area contributed by atoms with Crippen LogP contribution in [0.1, 0.15) is 5.56 Å². The van der Waals surface area contributed by atoms with E-state index in [2.05, 4.69) is 33.4 Å². The van der Waals surface area contributed by atoms with E-state index in [0.717, 1.165) is 32.7 Å². The minimum Gasteiger partial charge on any atom is -0.365 e. The van der Waals surface area contributed by atoms with Crippen molar-refractivity contribution in [2.75, 3.05) is 37.6 Å². The molecule has 1 aromatic carbocycles. The first-order valence-corrected chi connectivity index (χ1v) is 7.93. The number of rotatable bonds is 2. The average molecular weight is 273 g/mol. The summed E-state index contributed by atoms with van der Waals surface area (Å²) in [5.41, 5.74) is 8.70. The summed E-state index contributed by atoms with van der Waals surface area (Å²) in [7, 11) is 0. The summed E-state index contributed by atoms with van der Waals surface area (Å²) >= 11 is 1.89. The third-order valence-electron chi connectivity index (χ3n) is 4.43. The molecule has 1 saturated heterocycles. The maximum atomic E-state index is 5.70. The zero-order valence-electron chi connectivity index (χ0n) is 11.0. The molecule has 3 nitrogen and oxygen atoms in total. The van der Waals surface area contributed by atoms with Crippen molar-refractivity contribution in [2.24, 2.45) is 5.73 Å². The number of piperazine rings is 1. The Morgan fingerprint density at radius 1 is 1.32 bits per heavy atom. The second-order valence-electron chi connectivity index (χ2n) is 5.55. The van der Waals surface area contributed by atoms with E-state index < -0.39 is 0 Å². The van der Waals surface area contributed by atoms with E-state index >= 15 is 0 Å². The number of thiophene rings is 1. The molecule has 2 aliphatic rings. The lowest BCUT2D eigenvalue weighted by molar-refractivity contribution is 0.226. The molecule has 0 bridgehead atoms. The molecule has 2 aromatic rings. The number of hydrogen-bond acceptors (Lipinski definition) is 4. The van der Waals surface area contributed by atoms with E-state index in [4.69, 9.17) is 5.73 Å². The summed E-state index contributed by atoms with van der Waals surface area (Å²) in [6.07, 6.45) is 1.19. The van der Waals surface area contributed by atoms with Gasteiger partial charge in [0, 0.05) is 54.5 Å². The van der Waals surface area contributed by atoms with Gasteiger partial charge in [0.15, 0.2) is 0 Å². The smallest absolute Gasteiger partial charge is 0.0460 e. The fourth-order valence-electron chi connectivity index (χ4n) is 3.57. The van der Waals surface area contributed by atoms with Gasteiger partial charge < -0.3 is 10.6 Å². The average Bonchev–Trinajstić information content (AvgIpc) is 2.84. The molecule has 1 unspecified atom stereocenters. The zero-order valence-corrected chi connectivity index (χ0v) is 11.8. The second-order valence-corrected chi connectivity index (χ2v) is 6.46. The molecule has 2 N–H and O–H groups in total. The lowest BCUT2D eigenvalue weighted by Crippen LogP contribution is -2.56. The van der Waals surface area contributed by atoms with Gasteiger partial charge in [-0.2, -0.15) is 0 Å². The van der Waals surface area contributed by atoms with Crippen LogP contribution in [0, 0.1) is 0 Å². The summed E-state index contributed by atoms with van der Waals surface area (Å²) < 4.78 is 1.44. The monoisotopic (exact) mass is 273 g/mol. The number of fused-ring (bicyclic) bond motifs is 2. The van der Waals surface area contributed by atoms with Crippen molar-refractivity contribution in [3.63, 3.8) is 0 Å². The Morgan fingerprint density at radius 2 is 2.26 bits per heavy atom. The van der Waals surface area contributed by atoms with Gasteiger partial charge in [0.05, 0.1) is 0 Å². The van der Waals surface area contributed by atoms with Gasteiger partial charge in [0.25, 0.3) is 0 Å². The highest BCUT2D eigenvalue weighted by molar-refractivity contribution is 7.17. The Labute approximate surface area is 117 Å². The predicted octanol–water partition coefficient (Wildman–Crippen LogP) is 1.91. The van der Waals surface area contributed by atoms with Crippen molar-refractivity contribution in [1.82, 2.24) is 4.90 Å². The Balaban J connectivity index is 1.72. The fraction of sp³-hybridized carbons (Fsp3) is 0.467. The standard InChI is InChI=1S/C15H19N3S/c16-4-5-17-6-7-18-12(9-17)8-11-10-19-14-3-1-2-13(18)15(11)14/h1-3,10,12H,4-9,16H2. The van der Waals surface area contributed by atoms with Crippen LogP contribution < -0.4 is 10.6 Å². The minimum atomic E-state index is 0.632. The molecule has 4 heteroatoms. The highest BCUT2D eigenvalue weighted by atomic mass is 32.1. The number of hydrogen-bond donors (Lipinski definition) is 1. The maximum Gasteiger partial charge on any atom is 0.0460 e. The summed E-state index contributed by atoms with van der Waals surface area (Å²) in [6.45, 7) is 5.24. The predicted molar refractivity (Wildman–Crippen MR) is 82.2 cm³/mol. The van der Waals surface area contributed by atoms with E-state index in [-0.39, 0.29) is 0 Å². The Kier molecular flexibility index (Phi) is 2.76. The molecule has 0 radical (unpaired) electrons. The molecule has 1 atom stereocenters. The van der Waals surface area contributed by atoms with Gasteiger partial charge in [-0.15, -0.1) is 11.3 Å². The molecule has 1 aromatic heterocycles. The highest BCUT2D eigenvalue weighted by Crippen LogP contribution is 2.40. The molecule has 100 valence electrons. The maximum absolute atomic E-state index is 5.70. The topological polar surface area (TPSA) is 32.5 Å². The van der Waals surface area contributed by atoms with Gasteiger partial charge in [0.1, 0.15) is 0 Å². The molecule has 19 heavy (non-hydrogen) atoms. The van der Waals surface area contributed by atoms with E-state index in [1.807, 2.05) is 11.3 Å². The summed E-state index contributed by atoms with van der Waals surface area (Å²) in [5, 5.41) is 3.86. The fourth-order valence-corrected chi connectivity index (χ4v) is 4.57. The van der Waals surface area contributed by atoms with Crippen LogP contribution >= 0.6 is 11.3 Å². The van der Waals surface area contributed by atoms with Crippen LogP contribution in [0.4, 0.5) is 5.69 Å². The van der Waals surface area contributed by atoms with Gasteiger partial charge >= 0.3 is 0 Å². The van der Waals surface area contributed by atoms with Gasteiger partial charge in [-0.05, 0) is 29.5 Å². The molecule has 3 heterocycles. The lowest BCUT2D eigenvalue weighted by Gasteiger charge is -2.45. The Hall–Kier alpha value is -1.10.